The van der Waals surface area contributed by atoms with Crippen LogP contribution in [-0.4, -0.2) is 29.6 Å². The van der Waals surface area contributed by atoms with Crippen LogP contribution in [0.1, 0.15) is 32.8 Å². The van der Waals surface area contributed by atoms with Crippen molar-refractivity contribution in [1.82, 2.24) is 4.90 Å². The standard InChI is InChI=1S/C16H24N2O2/c1-11(2)18(10-13-4-6-14(17)7-5-13)16(19)15-12(3)8-9-20-15/h4-7,11-12,15H,8-10,17H2,1-3H3. The molecule has 20 heavy (non-hydrogen) atoms. The Kier molecular flexibility index (Phi) is 4.65. The van der Waals surface area contributed by atoms with Gasteiger partial charge in [-0.25, -0.2) is 0 Å². The van der Waals surface area contributed by atoms with Crippen LogP contribution in [0.4, 0.5) is 5.69 Å². The van der Waals surface area contributed by atoms with Crippen molar-refractivity contribution in [2.75, 3.05) is 12.3 Å². The van der Waals surface area contributed by atoms with E-state index >= 15 is 0 Å². The summed E-state index contributed by atoms with van der Waals surface area (Å²) in [5.41, 5.74) is 7.52. The second-order valence-corrected chi connectivity index (χ2v) is 5.86. The highest BCUT2D eigenvalue weighted by molar-refractivity contribution is 5.81. The molecule has 1 amide bonds. The maximum Gasteiger partial charge on any atom is 0.252 e. The highest BCUT2D eigenvalue weighted by atomic mass is 16.5. The molecule has 1 heterocycles. The fourth-order valence-electron chi connectivity index (χ4n) is 2.51. The van der Waals surface area contributed by atoms with E-state index in [0.717, 1.165) is 17.7 Å². The smallest absolute Gasteiger partial charge is 0.252 e. The zero-order chi connectivity index (χ0) is 14.7. The molecule has 0 saturated carbocycles. The van der Waals surface area contributed by atoms with Crippen LogP contribution in [-0.2, 0) is 16.1 Å². The first-order chi connectivity index (χ1) is 9.49. The Hall–Kier alpha value is -1.55. The number of amides is 1. The Balaban J connectivity index is 2.10. The molecule has 2 unspecified atom stereocenters. The molecule has 110 valence electrons. The number of nitrogens with zero attached hydrogens (tertiary/aromatic N) is 1. The van der Waals surface area contributed by atoms with Crippen LogP contribution in [0, 0.1) is 5.92 Å². The predicted molar refractivity (Wildman–Crippen MR) is 80.1 cm³/mol. The fraction of sp³-hybridized carbons (Fsp3) is 0.562. The second kappa shape index (κ2) is 6.27. The van der Waals surface area contributed by atoms with Gasteiger partial charge in [0.25, 0.3) is 5.91 Å². The Morgan fingerprint density at radius 1 is 1.40 bits per heavy atom. The van der Waals surface area contributed by atoms with Gasteiger partial charge < -0.3 is 15.4 Å². The Labute approximate surface area is 120 Å². The molecular weight excluding hydrogens is 252 g/mol. The number of ether oxygens (including phenoxy) is 1. The number of nitrogen functional groups attached to an aromatic ring is 1. The van der Waals surface area contributed by atoms with Crippen LogP contribution >= 0.6 is 0 Å². The minimum atomic E-state index is -0.286. The summed E-state index contributed by atoms with van der Waals surface area (Å²) in [6.45, 7) is 7.44. The number of rotatable bonds is 4. The van der Waals surface area contributed by atoms with Crippen LogP contribution in [0.25, 0.3) is 0 Å². The van der Waals surface area contributed by atoms with Crippen molar-refractivity contribution >= 4 is 11.6 Å². The van der Waals surface area contributed by atoms with Crippen molar-refractivity contribution in [1.29, 1.82) is 0 Å². The van der Waals surface area contributed by atoms with Crippen LogP contribution < -0.4 is 5.73 Å². The van der Waals surface area contributed by atoms with Crippen LogP contribution in [0.2, 0.25) is 0 Å². The quantitative estimate of drug-likeness (QED) is 0.859. The highest BCUT2D eigenvalue weighted by Gasteiger charge is 2.34. The van der Waals surface area contributed by atoms with Gasteiger partial charge in [0.1, 0.15) is 6.10 Å². The first-order valence-electron chi connectivity index (χ1n) is 7.25. The Morgan fingerprint density at radius 3 is 2.55 bits per heavy atom. The van der Waals surface area contributed by atoms with Gasteiger partial charge in [-0.1, -0.05) is 19.1 Å². The number of nitrogens with two attached hydrogens (primary N) is 1. The second-order valence-electron chi connectivity index (χ2n) is 5.86. The molecular formula is C16H24N2O2. The van der Waals surface area contributed by atoms with Crippen molar-refractivity contribution in [2.45, 2.75) is 45.9 Å². The monoisotopic (exact) mass is 276 g/mol. The van der Waals surface area contributed by atoms with Crippen molar-refractivity contribution < 1.29 is 9.53 Å². The van der Waals surface area contributed by atoms with Crippen LogP contribution in [0.3, 0.4) is 0 Å². The molecule has 2 atom stereocenters. The molecule has 1 aliphatic heterocycles. The van der Waals surface area contributed by atoms with Crippen LogP contribution in [0.15, 0.2) is 24.3 Å². The largest absolute Gasteiger partial charge is 0.399 e. The summed E-state index contributed by atoms with van der Waals surface area (Å²) in [6.07, 6.45) is 0.677. The first kappa shape index (κ1) is 14.9. The lowest BCUT2D eigenvalue weighted by molar-refractivity contribution is -0.145. The number of benzene rings is 1. The van der Waals surface area contributed by atoms with Crippen molar-refractivity contribution in [2.24, 2.45) is 5.92 Å². The lowest BCUT2D eigenvalue weighted by Gasteiger charge is -2.30. The van der Waals surface area contributed by atoms with Gasteiger partial charge in [0, 0.05) is 24.9 Å². The summed E-state index contributed by atoms with van der Waals surface area (Å²) in [5, 5.41) is 0. The van der Waals surface area contributed by atoms with Crippen molar-refractivity contribution in [3.8, 4) is 0 Å². The lowest BCUT2D eigenvalue weighted by atomic mass is 10.0. The molecule has 0 aromatic heterocycles. The third-order valence-electron chi connectivity index (χ3n) is 3.87. The summed E-state index contributed by atoms with van der Waals surface area (Å²) in [6, 6.07) is 7.82. The molecule has 1 aromatic carbocycles. The zero-order valence-corrected chi connectivity index (χ0v) is 12.5. The van der Waals surface area contributed by atoms with Gasteiger partial charge in [-0.3, -0.25) is 4.79 Å². The number of anilines is 1. The lowest BCUT2D eigenvalue weighted by Crippen LogP contribution is -2.44. The highest BCUT2D eigenvalue weighted by Crippen LogP contribution is 2.23. The first-order valence-corrected chi connectivity index (χ1v) is 7.25. The van der Waals surface area contributed by atoms with Gasteiger partial charge in [0.2, 0.25) is 0 Å². The molecule has 4 heteroatoms. The van der Waals surface area contributed by atoms with Gasteiger partial charge in [-0.2, -0.15) is 0 Å². The van der Waals surface area contributed by atoms with E-state index < -0.39 is 0 Å². The summed E-state index contributed by atoms with van der Waals surface area (Å²) >= 11 is 0. The number of hydrogen-bond donors (Lipinski definition) is 1. The van der Waals surface area contributed by atoms with E-state index in [1.807, 2.05) is 43.0 Å². The molecule has 0 spiro atoms. The maximum absolute atomic E-state index is 12.6. The predicted octanol–water partition coefficient (Wildman–Crippen LogP) is 2.43. The van der Waals surface area contributed by atoms with Gasteiger partial charge in [-0.15, -0.1) is 0 Å². The summed E-state index contributed by atoms with van der Waals surface area (Å²) in [5.74, 6) is 0.400. The molecule has 1 saturated heterocycles. The SMILES string of the molecule is CC1CCOC1C(=O)N(Cc1ccc(N)cc1)C(C)C. The van der Waals surface area contributed by atoms with E-state index in [-0.39, 0.29) is 18.1 Å². The number of hydrogen-bond acceptors (Lipinski definition) is 3. The van der Waals surface area contributed by atoms with Crippen LogP contribution in [0.5, 0.6) is 0 Å². The van der Waals surface area contributed by atoms with E-state index in [1.165, 1.54) is 0 Å². The molecule has 1 aliphatic rings. The number of carbonyl (C=O) groups is 1. The summed E-state index contributed by atoms with van der Waals surface area (Å²) in [4.78, 5) is 14.5. The third-order valence-corrected chi connectivity index (χ3v) is 3.87. The van der Waals surface area contributed by atoms with Gasteiger partial charge >= 0.3 is 0 Å². The molecule has 4 nitrogen and oxygen atoms in total. The van der Waals surface area contributed by atoms with E-state index in [0.29, 0.717) is 19.1 Å². The van der Waals surface area contributed by atoms with Gasteiger partial charge in [-0.05, 0) is 43.9 Å². The Morgan fingerprint density at radius 2 is 2.05 bits per heavy atom. The molecule has 0 bridgehead atoms. The normalized spacial score (nSPS) is 22.2. The molecule has 0 aliphatic carbocycles. The summed E-state index contributed by atoms with van der Waals surface area (Å²) in [7, 11) is 0. The van der Waals surface area contributed by atoms with E-state index in [1.54, 1.807) is 0 Å². The fourth-order valence-corrected chi connectivity index (χ4v) is 2.51. The minimum absolute atomic E-state index is 0.0989. The van der Waals surface area contributed by atoms with E-state index in [4.69, 9.17) is 10.5 Å². The van der Waals surface area contributed by atoms with E-state index in [9.17, 15) is 4.79 Å². The average molecular weight is 276 g/mol. The van der Waals surface area contributed by atoms with Crippen molar-refractivity contribution in [3.05, 3.63) is 29.8 Å². The molecule has 2 N–H and O–H groups in total. The topological polar surface area (TPSA) is 55.6 Å². The average Bonchev–Trinajstić information content (AvgIpc) is 2.83. The van der Waals surface area contributed by atoms with Crippen molar-refractivity contribution in [3.63, 3.8) is 0 Å². The van der Waals surface area contributed by atoms with E-state index in [2.05, 4.69) is 6.92 Å². The summed E-state index contributed by atoms with van der Waals surface area (Å²) < 4.78 is 5.60. The van der Waals surface area contributed by atoms with Gasteiger partial charge in [0.15, 0.2) is 0 Å². The third kappa shape index (κ3) is 3.31. The molecule has 1 fully saturated rings. The number of carbonyl (C=O) groups excluding carboxylic acids is 1. The molecule has 0 radical (unpaired) electrons. The molecule has 1 aromatic rings. The van der Waals surface area contributed by atoms with Gasteiger partial charge in [0.05, 0.1) is 0 Å². The molecule has 2 rings (SSSR count). The Bertz CT molecular complexity index is 456. The maximum atomic E-state index is 12.6. The minimum Gasteiger partial charge on any atom is -0.399 e. The zero-order valence-electron chi connectivity index (χ0n) is 12.5.